The van der Waals surface area contributed by atoms with Crippen LogP contribution in [0.15, 0.2) is 16.9 Å². The molecule has 1 heterocycles. The van der Waals surface area contributed by atoms with E-state index in [0.29, 0.717) is 5.69 Å². The Morgan fingerprint density at radius 3 is 3.00 bits per heavy atom. The van der Waals surface area contributed by atoms with Gasteiger partial charge in [0, 0.05) is 6.07 Å². The Morgan fingerprint density at radius 2 is 2.54 bits per heavy atom. The lowest BCUT2D eigenvalue weighted by Crippen LogP contribution is -2.36. The molecule has 0 radical (unpaired) electrons. The second-order valence-electron chi connectivity index (χ2n) is 3.06. The van der Waals surface area contributed by atoms with Gasteiger partial charge in [0.1, 0.15) is 12.0 Å². The topological polar surface area (TPSA) is 78.4 Å². The molecule has 0 saturated carbocycles. The number of methoxy groups -OCH3 is 1. The van der Waals surface area contributed by atoms with Crippen LogP contribution in [-0.4, -0.2) is 18.2 Å². The predicted molar refractivity (Wildman–Crippen MR) is 44.7 cm³/mol. The van der Waals surface area contributed by atoms with E-state index in [1.807, 2.05) is 0 Å². The summed E-state index contributed by atoms with van der Waals surface area (Å²) in [5.74, 6) is -0.368. The molecule has 1 unspecified atom stereocenters. The highest BCUT2D eigenvalue weighted by atomic mass is 16.5. The van der Waals surface area contributed by atoms with Crippen LogP contribution in [0.5, 0.6) is 0 Å². The molecule has 13 heavy (non-hydrogen) atoms. The number of nitrogens with zero attached hydrogens (tertiary/aromatic N) is 1. The van der Waals surface area contributed by atoms with Crippen LogP contribution in [0.1, 0.15) is 19.0 Å². The summed E-state index contributed by atoms with van der Waals surface area (Å²) >= 11 is 0. The number of carbonyl (C=O) groups excluding carboxylic acids is 1. The third kappa shape index (κ3) is 2.29. The van der Waals surface area contributed by atoms with Crippen molar-refractivity contribution in [1.29, 1.82) is 0 Å². The van der Waals surface area contributed by atoms with E-state index in [9.17, 15) is 4.79 Å². The minimum Gasteiger partial charge on any atom is -0.469 e. The molecule has 0 aliphatic rings. The summed E-state index contributed by atoms with van der Waals surface area (Å²) in [4.78, 5) is 11.0. The van der Waals surface area contributed by atoms with Crippen molar-refractivity contribution in [2.45, 2.75) is 18.9 Å². The van der Waals surface area contributed by atoms with Gasteiger partial charge < -0.3 is 15.0 Å². The summed E-state index contributed by atoms with van der Waals surface area (Å²) in [5.41, 5.74) is 5.54. The number of carbonyl (C=O) groups is 1. The molecule has 5 nitrogen and oxygen atoms in total. The zero-order chi connectivity index (χ0) is 9.90. The molecule has 5 heteroatoms. The molecule has 0 aliphatic carbocycles. The maximum atomic E-state index is 11.0. The second-order valence-corrected chi connectivity index (χ2v) is 3.06. The Kier molecular flexibility index (Phi) is 2.67. The minimum absolute atomic E-state index is 0.0794. The van der Waals surface area contributed by atoms with E-state index in [0.717, 1.165) is 0 Å². The van der Waals surface area contributed by atoms with Gasteiger partial charge in [-0.15, -0.1) is 0 Å². The standard InChI is InChI=1S/C8H12N2O3/c1-8(9,5-7(11)12-2)6-3-4-13-10-6/h3-4H,5,9H2,1-2H3. The lowest BCUT2D eigenvalue weighted by atomic mass is 9.95. The van der Waals surface area contributed by atoms with E-state index < -0.39 is 5.54 Å². The maximum Gasteiger partial charge on any atom is 0.307 e. The highest BCUT2D eigenvalue weighted by molar-refractivity contribution is 5.70. The van der Waals surface area contributed by atoms with Gasteiger partial charge in [-0.3, -0.25) is 4.79 Å². The van der Waals surface area contributed by atoms with Crippen LogP contribution in [0.25, 0.3) is 0 Å². The summed E-state index contributed by atoms with van der Waals surface area (Å²) in [6.07, 6.45) is 1.49. The molecule has 0 amide bonds. The van der Waals surface area contributed by atoms with Gasteiger partial charge >= 0.3 is 5.97 Å². The lowest BCUT2D eigenvalue weighted by molar-refractivity contribution is -0.142. The normalized spacial score (nSPS) is 15.0. The van der Waals surface area contributed by atoms with Crippen molar-refractivity contribution in [3.63, 3.8) is 0 Å². The zero-order valence-electron chi connectivity index (χ0n) is 7.61. The Morgan fingerprint density at radius 1 is 1.85 bits per heavy atom. The smallest absolute Gasteiger partial charge is 0.307 e. The number of hydrogen-bond acceptors (Lipinski definition) is 5. The van der Waals surface area contributed by atoms with Crippen molar-refractivity contribution in [2.24, 2.45) is 5.73 Å². The molecular formula is C8H12N2O3. The first-order valence-corrected chi connectivity index (χ1v) is 3.83. The molecule has 0 spiro atoms. The van der Waals surface area contributed by atoms with E-state index in [-0.39, 0.29) is 12.4 Å². The van der Waals surface area contributed by atoms with Gasteiger partial charge in [-0.2, -0.15) is 0 Å². The van der Waals surface area contributed by atoms with Crippen molar-refractivity contribution in [1.82, 2.24) is 5.16 Å². The van der Waals surface area contributed by atoms with Crippen molar-refractivity contribution >= 4 is 5.97 Å². The molecule has 0 bridgehead atoms. The lowest BCUT2D eigenvalue weighted by Gasteiger charge is -2.19. The molecule has 72 valence electrons. The van der Waals surface area contributed by atoms with Crippen LogP contribution in [-0.2, 0) is 15.1 Å². The van der Waals surface area contributed by atoms with E-state index >= 15 is 0 Å². The molecule has 1 aromatic rings. The van der Waals surface area contributed by atoms with Crippen LogP contribution in [0.4, 0.5) is 0 Å². The Bertz CT molecular complexity index is 280. The van der Waals surface area contributed by atoms with Crippen molar-refractivity contribution in [3.05, 3.63) is 18.0 Å². The SMILES string of the molecule is COC(=O)CC(C)(N)c1ccon1. The zero-order valence-corrected chi connectivity index (χ0v) is 7.61. The van der Waals surface area contributed by atoms with Crippen LogP contribution >= 0.6 is 0 Å². The van der Waals surface area contributed by atoms with Gasteiger partial charge in [0.2, 0.25) is 0 Å². The Balaban J connectivity index is 2.72. The summed E-state index contributed by atoms with van der Waals surface area (Å²) < 4.78 is 9.14. The second kappa shape index (κ2) is 3.57. The fourth-order valence-electron chi connectivity index (χ4n) is 0.970. The fourth-order valence-corrected chi connectivity index (χ4v) is 0.970. The predicted octanol–water partition coefficient (Wildman–Crippen LogP) is 0.412. The molecular weight excluding hydrogens is 172 g/mol. The van der Waals surface area contributed by atoms with Gasteiger partial charge in [0.05, 0.1) is 19.1 Å². The average molecular weight is 184 g/mol. The molecule has 1 aromatic heterocycles. The van der Waals surface area contributed by atoms with Crippen LogP contribution < -0.4 is 5.73 Å². The summed E-state index contributed by atoms with van der Waals surface area (Å²) in [5, 5.41) is 3.67. The molecule has 0 saturated heterocycles. The first-order valence-electron chi connectivity index (χ1n) is 3.83. The molecule has 0 aliphatic heterocycles. The first-order chi connectivity index (χ1) is 6.06. The number of ether oxygens (including phenoxy) is 1. The number of aromatic nitrogens is 1. The molecule has 2 N–H and O–H groups in total. The first kappa shape index (κ1) is 9.73. The highest BCUT2D eigenvalue weighted by Crippen LogP contribution is 2.19. The van der Waals surface area contributed by atoms with Crippen molar-refractivity contribution in [3.8, 4) is 0 Å². The largest absolute Gasteiger partial charge is 0.469 e. The van der Waals surface area contributed by atoms with Crippen LogP contribution in [0.3, 0.4) is 0 Å². The van der Waals surface area contributed by atoms with E-state index in [4.69, 9.17) is 5.73 Å². The third-order valence-electron chi connectivity index (χ3n) is 1.76. The minimum atomic E-state index is -0.833. The molecule has 1 rings (SSSR count). The van der Waals surface area contributed by atoms with E-state index in [2.05, 4.69) is 14.4 Å². The third-order valence-corrected chi connectivity index (χ3v) is 1.76. The molecule has 1 atom stereocenters. The van der Waals surface area contributed by atoms with Gasteiger partial charge in [-0.25, -0.2) is 0 Å². The Hall–Kier alpha value is -1.36. The number of rotatable bonds is 3. The van der Waals surface area contributed by atoms with Gasteiger partial charge in [-0.05, 0) is 6.92 Å². The summed E-state index contributed by atoms with van der Waals surface area (Å²) in [7, 11) is 1.32. The van der Waals surface area contributed by atoms with Gasteiger partial charge in [0.15, 0.2) is 0 Å². The number of hydrogen-bond donors (Lipinski definition) is 1. The summed E-state index contributed by atoms with van der Waals surface area (Å²) in [6.45, 7) is 1.70. The maximum absolute atomic E-state index is 11.0. The van der Waals surface area contributed by atoms with Crippen molar-refractivity contribution < 1.29 is 14.1 Å². The van der Waals surface area contributed by atoms with E-state index in [1.54, 1.807) is 13.0 Å². The highest BCUT2D eigenvalue weighted by Gasteiger charge is 2.27. The van der Waals surface area contributed by atoms with E-state index in [1.165, 1.54) is 13.4 Å². The average Bonchev–Trinajstić information content (AvgIpc) is 2.55. The monoisotopic (exact) mass is 184 g/mol. The molecule has 0 aromatic carbocycles. The number of esters is 1. The fraction of sp³-hybridized carbons (Fsp3) is 0.500. The summed E-state index contributed by atoms with van der Waals surface area (Å²) in [6, 6.07) is 1.63. The van der Waals surface area contributed by atoms with Gasteiger partial charge in [0.25, 0.3) is 0 Å². The van der Waals surface area contributed by atoms with Gasteiger partial charge in [-0.1, -0.05) is 5.16 Å². The quantitative estimate of drug-likeness (QED) is 0.688. The Labute approximate surface area is 75.8 Å². The van der Waals surface area contributed by atoms with Crippen LogP contribution in [0, 0.1) is 0 Å². The van der Waals surface area contributed by atoms with Crippen molar-refractivity contribution in [2.75, 3.05) is 7.11 Å². The molecule has 0 fully saturated rings. The van der Waals surface area contributed by atoms with Crippen LogP contribution in [0.2, 0.25) is 0 Å². The number of nitrogens with two attached hydrogens (primary N) is 1.